The van der Waals surface area contributed by atoms with E-state index in [4.69, 9.17) is 4.74 Å². The second kappa shape index (κ2) is 9.28. The number of hydrogen-bond acceptors (Lipinski definition) is 4. The van der Waals surface area contributed by atoms with Crippen LogP contribution in [0.4, 0.5) is 0 Å². The zero-order chi connectivity index (χ0) is 22.7. The molecule has 0 aliphatic carbocycles. The van der Waals surface area contributed by atoms with Crippen molar-refractivity contribution in [1.29, 1.82) is 0 Å². The molecule has 0 unspecified atom stereocenters. The lowest BCUT2D eigenvalue weighted by Crippen LogP contribution is -2.40. The molecule has 1 aliphatic rings. The molecule has 3 aromatic rings. The third-order valence-corrected chi connectivity index (χ3v) is 7.55. The molecule has 0 saturated carbocycles. The van der Waals surface area contributed by atoms with E-state index in [0.29, 0.717) is 32.0 Å². The number of carbonyl (C=O) groups excluding carboxylic acids is 1. The molecule has 1 atom stereocenters. The van der Waals surface area contributed by atoms with Crippen LogP contribution in [0.3, 0.4) is 0 Å². The number of aryl methyl sites for hydroxylation is 1. The molecule has 7 nitrogen and oxygen atoms in total. The molecule has 1 saturated heterocycles. The summed E-state index contributed by atoms with van der Waals surface area (Å²) in [5.74, 6) is -0.324. The topological polar surface area (TPSA) is 80.6 Å². The highest BCUT2D eigenvalue weighted by atomic mass is 32.2. The monoisotopic (exact) mass is 453 g/mol. The molecule has 1 fully saturated rings. The van der Waals surface area contributed by atoms with Gasteiger partial charge in [0.15, 0.2) is 0 Å². The van der Waals surface area contributed by atoms with E-state index >= 15 is 0 Å². The fourth-order valence-corrected chi connectivity index (χ4v) is 5.27. The van der Waals surface area contributed by atoms with Gasteiger partial charge in [-0.1, -0.05) is 54.6 Å². The summed E-state index contributed by atoms with van der Waals surface area (Å²) in [6.45, 7) is 3.28. The van der Waals surface area contributed by atoms with Crippen molar-refractivity contribution >= 4 is 15.9 Å². The highest BCUT2D eigenvalue weighted by Crippen LogP contribution is 2.23. The molecular formula is C24H27N3O4S. The molecule has 4 rings (SSSR count). The number of ether oxygens (including phenoxy) is 1. The molecule has 2 aromatic carbocycles. The maximum absolute atomic E-state index is 12.9. The van der Waals surface area contributed by atoms with Crippen molar-refractivity contribution in [1.82, 2.24) is 14.2 Å². The zero-order valence-corrected chi connectivity index (χ0v) is 19.0. The van der Waals surface area contributed by atoms with E-state index in [2.05, 4.69) is 17.4 Å². The first-order valence-corrected chi connectivity index (χ1v) is 12.0. The number of hydrogen-bond donors (Lipinski definition) is 1. The Labute approximate surface area is 188 Å². The zero-order valence-electron chi connectivity index (χ0n) is 18.2. The quantitative estimate of drug-likeness (QED) is 0.622. The van der Waals surface area contributed by atoms with Crippen LogP contribution in [0, 0.1) is 0 Å². The number of rotatable bonds is 6. The maximum Gasteiger partial charge on any atom is 0.268 e. The van der Waals surface area contributed by atoms with Crippen LogP contribution in [-0.2, 0) is 21.8 Å². The van der Waals surface area contributed by atoms with Crippen LogP contribution in [0.5, 0.6) is 0 Å². The molecule has 1 N–H and O–H groups in total. The normalized spacial score (nSPS) is 15.9. The Kier molecular flexibility index (Phi) is 6.45. The Balaban J connectivity index is 1.47. The van der Waals surface area contributed by atoms with E-state index in [1.54, 1.807) is 11.6 Å². The summed E-state index contributed by atoms with van der Waals surface area (Å²) in [7, 11) is -1.98. The average Bonchev–Trinajstić information content (AvgIpc) is 3.23. The molecule has 1 amide bonds. The lowest BCUT2D eigenvalue weighted by Gasteiger charge is -2.25. The van der Waals surface area contributed by atoms with Gasteiger partial charge in [-0.05, 0) is 29.7 Å². The SMILES string of the molecule is C[C@@H](NC(=O)c1cc(S(=O)(=O)N2CCOCC2)cn1C)c1ccc(-c2ccccc2)cc1. The van der Waals surface area contributed by atoms with E-state index in [0.717, 1.165) is 16.7 Å². The second-order valence-corrected chi connectivity index (χ2v) is 9.81. The molecular weight excluding hydrogens is 426 g/mol. The lowest BCUT2D eigenvalue weighted by atomic mass is 10.0. The minimum atomic E-state index is -3.66. The van der Waals surface area contributed by atoms with Crippen LogP contribution >= 0.6 is 0 Å². The van der Waals surface area contributed by atoms with Crippen molar-refractivity contribution in [3.05, 3.63) is 78.1 Å². The van der Waals surface area contributed by atoms with Gasteiger partial charge in [-0.3, -0.25) is 4.79 Å². The second-order valence-electron chi connectivity index (χ2n) is 7.87. The summed E-state index contributed by atoms with van der Waals surface area (Å²) in [5.41, 5.74) is 3.50. The molecule has 1 aliphatic heterocycles. The first-order valence-electron chi connectivity index (χ1n) is 10.6. The molecule has 32 heavy (non-hydrogen) atoms. The number of sulfonamides is 1. The van der Waals surface area contributed by atoms with Crippen LogP contribution < -0.4 is 5.32 Å². The molecule has 168 valence electrons. The van der Waals surface area contributed by atoms with Gasteiger partial charge in [0.2, 0.25) is 10.0 Å². The van der Waals surface area contributed by atoms with Gasteiger partial charge in [0.25, 0.3) is 5.91 Å². The van der Waals surface area contributed by atoms with E-state index < -0.39 is 10.0 Å². The van der Waals surface area contributed by atoms with Crippen LogP contribution in [-0.4, -0.2) is 49.5 Å². The molecule has 2 heterocycles. The first-order chi connectivity index (χ1) is 15.4. The Morgan fingerprint density at radius 2 is 1.62 bits per heavy atom. The summed E-state index contributed by atoms with van der Waals surface area (Å²) in [6.07, 6.45) is 1.49. The molecule has 0 bridgehead atoms. The van der Waals surface area contributed by atoms with Crippen LogP contribution in [0.25, 0.3) is 11.1 Å². The van der Waals surface area contributed by atoms with Crippen LogP contribution in [0.2, 0.25) is 0 Å². The Bertz CT molecular complexity index is 1180. The molecule has 1 aromatic heterocycles. The summed E-state index contributed by atoms with van der Waals surface area (Å²) in [6, 6.07) is 19.3. The van der Waals surface area contributed by atoms with Crippen LogP contribution in [0.1, 0.15) is 29.0 Å². The number of carbonyl (C=O) groups is 1. The summed E-state index contributed by atoms with van der Waals surface area (Å²) >= 11 is 0. The summed E-state index contributed by atoms with van der Waals surface area (Å²) in [4.78, 5) is 13.0. The predicted octanol–water partition coefficient (Wildman–Crippen LogP) is 3.20. The maximum atomic E-state index is 12.9. The van der Waals surface area contributed by atoms with E-state index in [9.17, 15) is 13.2 Å². The number of morpholine rings is 1. The molecule has 0 radical (unpaired) electrons. The highest BCUT2D eigenvalue weighted by Gasteiger charge is 2.29. The van der Waals surface area contributed by atoms with Crippen molar-refractivity contribution < 1.29 is 17.9 Å². The van der Waals surface area contributed by atoms with Crippen molar-refractivity contribution in [2.24, 2.45) is 7.05 Å². The highest BCUT2D eigenvalue weighted by molar-refractivity contribution is 7.89. The van der Waals surface area contributed by atoms with Gasteiger partial charge in [0, 0.05) is 26.3 Å². The standard InChI is InChI=1S/C24H27N3O4S/c1-18(19-8-10-21(11-9-19)20-6-4-3-5-7-20)25-24(28)23-16-22(17-26(23)2)32(29,30)27-12-14-31-15-13-27/h3-11,16-18H,12-15H2,1-2H3,(H,25,28)/t18-/m1/s1. The number of amides is 1. The van der Waals surface area contributed by atoms with Crippen molar-refractivity contribution in [3.8, 4) is 11.1 Å². The van der Waals surface area contributed by atoms with Crippen molar-refractivity contribution in [2.45, 2.75) is 17.9 Å². The minimum Gasteiger partial charge on any atom is -0.379 e. The predicted molar refractivity (Wildman–Crippen MR) is 123 cm³/mol. The number of nitrogens with one attached hydrogen (secondary N) is 1. The Hall–Kier alpha value is -2.94. The van der Waals surface area contributed by atoms with Crippen molar-refractivity contribution in [2.75, 3.05) is 26.3 Å². The summed E-state index contributed by atoms with van der Waals surface area (Å²) in [5, 5.41) is 2.97. The van der Waals surface area contributed by atoms with Gasteiger partial charge in [0.1, 0.15) is 10.6 Å². The van der Waals surface area contributed by atoms with Gasteiger partial charge in [0.05, 0.1) is 19.3 Å². The van der Waals surface area contributed by atoms with Crippen molar-refractivity contribution in [3.63, 3.8) is 0 Å². The third kappa shape index (κ3) is 4.62. The van der Waals surface area contributed by atoms with Gasteiger partial charge >= 0.3 is 0 Å². The molecule has 8 heteroatoms. The van der Waals surface area contributed by atoms with Gasteiger partial charge in [-0.2, -0.15) is 4.31 Å². The fourth-order valence-electron chi connectivity index (χ4n) is 3.79. The average molecular weight is 454 g/mol. The van der Waals surface area contributed by atoms with Gasteiger partial charge in [-0.25, -0.2) is 8.42 Å². The van der Waals surface area contributed by atoms with E-state index in [-0.39, 0.29) is 16.8 Å². The largest absolute Gasteiger partial charge is 0.379 e. The number of aromatic nitrogens is 1. The number of benzene rings is 2. The minimum absolute atomic E-state index is 0.118. The first kappa shape index (κ1) is 22.3. The van der Waals surface area contributed by atoms with Crippen LogP contribution in [0.15, 0.2) is 71.8 Å². The van der Waals surface area contributed by atoms with Gasteiger partial charge < -0.3 is 14.6 Å². The summed E-state index contributed by atoms with van der Waals surface area (Å²) < 4.78 is 34.0. The third-order valence-electron chi connectivity index (χ3n) is 5.69. The Morgan fingerprint density at radius 3 is 2.28 bits per heavy atom. The lowest BCUT2D eigenvalue weighted by molar-refractivity contribution is 0.0730. The molecule has 0 spiro atoms. The fraction of sp³-hybridized carbons (Fsp3) is 0.292. The number of nitrogens with zero attached hydrogens (tertiary/aromatic N) is 2. The smallest absolute Gasteiger partial charge is 0.268 e. The van der Waals surface area contributed by atoms with E-state index in [1.165, 1.54) is 16.6 Å². The Morgan fingerprint density at radius 1 is 1.00 bits per heavy atom. The van der Waals surface area contributed by atoms with Gasteiger partial charge in [-0.15, -0.1) is 0 Å². The van der Waals surface area contributed by atoms with E-state index in [1.807, 2.05) is 49.4 Å².